The van der Waals surface area contributed by atoms with Gasteiger partial charge in [0.15, 0.2) is 5.82 Å². The van der Waals surface area contributed by atoms with Gasteiger partial charge in [-0.2, -0.15) is 10.2 Å². The van der Waals surface area contributed by atoms with Gasteiger partial charge in [0, 0.05) is 36.9 Å². The molecule has 0 atom stereocenters. The van der Waals surface area contributed by atoms with Crippen LogP contribution >= 0.6 is 0 Å². The Bertz CT molecular complexity index is 1300. The summed E-state index contributed by atoms with van der Waals surface area (Å²) in [5.74, 6) is 4.99. The highest BCUT2D eigenvalue weighted by Crippen LogP contribution is 2.25. The molecule has 0 aliphatic carbocycles. The molecule has 4 rings (SSSR count). The number of aryl methyl sites for hydroxylation is 1. The lowest BCUT2D eigenvalue weighted by atomic mass is 10.1. The molecule has 0 bridgehead atoms. The van der Waals surface area contributed by atoms with E-state index in [1.54, 1.807) is 36.8 Å². The Balaban J connectivity index is 1.63. The van der Waals surface area contributed by atoms with Crippen molar-refractivity contribution < 1.29 is 4.39 Å². The molecule has 0 aliphatic rings. The van der Waals surface area contributed by atoms with Crippen LogP contribution in [-0.4, -0.2) is 25.2 Å². The van der Waals surface area contributed by atoms with Crippen molar-refractivity contribution in [1.29, 1.82) is 0 Å². The SMILES string of the molecule is N/N=C(\N)CCc1ccc(-n2ccnc(Nc3c(F)cccc3-n3cccn3)c2=O)cc1. The zero-order valence-corrected chi connectivity index (χ0v) is 17.0. The van der Waals surface area contributed by atoms with Crippen LogP contribution in [0.4, 0.5) is 15.9 Å². The number of anilines is 2. The van der Waals surface area contributed by atoms with E-state index in [9.17, 15) is 9.18 Å². The summed E-state index contributed by atoms with van der Waals surface area (Å²) in [7, 11) is 0. The largest absolute Gasteiger partial charge is 0.386 e. The topological polar surface area (TPSA) is 129 Å². The highest BCUT2D eigenvalue weighted by atomic mass is 19.1. The monoisotopic (exact) mass is 432 g/mol. The third-order valence-corrected chi connectivity index (χ3v) is 4.88. The zero-order valence-electron chi connectivity index (χ0n) is 17.0. The Morgan fingerprint density at radius 3 is 2.62 bits per heavy atom. The lowest BCUT2D eigenvalue weighted by Crippen LogP contribution is -2.22. The van der Waals surface area contributed by atoms with Crippen molar-refractivity contribution in [3.8, 4) is 11.4 Å². The quantitative estimate of drug-likeness (QED) is 0.178. The van der Waals surface area contributed by atoms with Crippen LogP contribution in [0.15, 0.2) is 83.2 Å². The van der Waals surface area contributed by atoms with Crippen LogP contribution in [0.3, 0.4) is 0 Å². The molecule has 9 nitrogen and oxygen atoms in total. The van der Waals surface area contributed by atoms with Gasteiger partial charge >= 0.3 is 0 Å². The number of hydrogen-bond acceptors (Lipinski definition) is 6. The number of aromatic nitrogens is 4. The van der Waals surface area contributed by atoms with Gasteiger partial charge in [0.1, 0.15) is 17.3 Å². The van der Waals surface area contributed by atoms with Gasteiger partial charge in [-0.05, 0) is 42.3 Å². The third kappa shape index (κ3) is 4.33. The van der Waals surface area contributed by atoms with Gasteiger partial charge in [-0.1, -0.05) is 18.2 Å². The summed E-state index contributed by atoms with van der Waals surface area (Å²) in [4.78, 5) is 17.2. The normalized spacial score (nSPS) is 11.5. The third-order valence-electron chi connectivity index (χ3n) is 4.88. The first-order valence-electron chi connectivity index (χ1n) is 9.81. The molecule has 0 amide bonds. The van der Waals surface area contributed by atoms with Gasteiger partial charge < -0.3 is 16.9 Å². The van der Waals surface area contributed by atoms with Gasteiger partial charge in [-0.3, -0.25) is 9.36 Å². The molecule has 0 aliphatic heterocycles. The summed E-state index contributed by atoms with van der Waals surface area (Å²) in [5, 5.41) is 10.4. The molecule has 5 N–H and O–H groups in total. The number of nitrogens with two attached hydrogens (primary N) is 2. The van der Waals surface area contributed by atoms with E-state index in [-0.39, 0.29) is 11.5 Å². The molecule has 2 heterocycles. The molecule has 0 saturated carbocycles. The van der Waals surface area contributed by atoms with Gasteiger partial charge in [0.25, 0.3) is 5.56 Å². The second kappa shape index (κ2) is 9.13. The molecule has 0 radical (unpaired) electrons. The number of amidine groups is 1. The van der Waals surface area contributed by atoms with E-state index in [2.05, 4.69) is 20.5 Å². The molecule has 32 heavy (non-hydrogen) atoms. The van der Waals surface area contributed by atoms with Gasteiger partial charge in [0.05, 0.1) is 5.69 Å². The van der Waals surface area contributed by atoms with E-state index in [1.165, 1.54) is 21.5 Å². The van der Waals surface area contributed by atoms with Crippen molar-refractivity contribution in [3.63, 3.8) is 0 Å². The maximum absolute atomic E-state index is 14.6. The van der Waals surface area contributed by atoms with Crippen molar-refractivity contribution in [2.24, 2.45) is 16.7 Å². The molecule has 0 spiro atoms. The van der Waals surface area contributed by atoms with E-state index in [0.717, 1.165) is 5.56 Å². The highest BCUT2D eigenvalue weighted by molar-refractivity contribution is 5.80. The Hall–Kier alpha value is -4.47. The Morgan fingerprint density at radius 1 is 1.09 bits per heavy atom. The van der Waals surface area contributed by atoms with Crippen molar-refractivity contribution >= 4 is 17.3 Å². The predicted molar refractivity (Wildman–Crippen MR) is 121 cm³/mol. The van der Waals surface area contributed by atoms with E-state index in [4.69, 9.17) is 11.6 Å². The van der Waals surface area contributed by atoms with Crippen LogP contribution in [0.2, 0.25) is 0 Å². The molecule has 2 aromatic heterocycles. The van der Waals surface area contributed by atoms with Crippen LogP contribution < -0.4 is 22.5 Å². The molecular formula is C22H21FN8O. The van der Waals surface area contributed by atoms with E-state index < -0.39 is 11.4 Å². The first-order chi connectivity index (χ1) is 15.6. The number of benzene rings is 2. The van der Waals surface area contributed by atoms with Crippen LogP contribution in [0, 0.1) is 5.82 Å². The highest BCUT2D eigenvalue weighted by Gasteiger charge is 2.14. The van der Waals surface area contributed by atoms with E-state index in [0.29, 0.717) is 30.1 Å². The molecule has 4 aromatic rings. The van der Waals surface area contributed by atoms with Crippen molar-refractivity contribution in [1.82, 2.24) is 19.3 Å². The lowest BCUT2D eigenvalue weighted by molar-refractivity contribution is 0.629. The van der Waals surface area contributed by atoms with Crippen LogP contribution in [0.5, 0.6) is 0 Å². The zero-order chi connectivity index (χ0) is 22.5. The molecule has 0 unspecified atom stereocenters. The maximum atomic E-state index is 14.6. The number of halogens is 1. The molecular weight excluding hydrogens is 411 g/mol. The summed E-state index contributed by atoms with van der Waals surface area (Å²) in [6.07, 6.45) is 7.52. The first-order valence-corrected chi connectivity index (χ1v) is 9.81. The summed E-state index contributed by atoms with van der Waals surface area (Å²) in [6, 6.07) is 13.7. The van der Waals surface area contributed by atoms with Crippen LogP contribution in [0.1, 0.15) is 12.0 Å². The molecule has 2 aromatic carbocycles. The van der Waals surface area contributed by atoms with E-state index >= 15 is 0 Å². The number of rotatable bonds is 7. The van der Waals surface area contributed by atoms with E-state index in [1.807, 2.05) is 24.3 Å². The number of para-hydroxylation sites is 1. The minimum Gasteiger partial charge on any atom is -0.386 e. The van der Waals surface area contributed by atoms with Crippen molar-refractivity contribution in [2.75, 3.05) is 5.32 Å². The fraction of sp³-hybridized carbons (Fsp3) is 0.0909. The smallest absolute Gasteiger partial charge is 0.298 e. The summed E-state index contributed by atoms with van der Waals surface area (Å²) < 4.78 is 17.6. The Kier molecular flexibility index (Phi) is 5.93. The minimum absolute atomic E-state index is 0.0120. The van der Waals surface area contributed by atoms with Crippen molar-refractivity contribution in [2.45, 2.75) is 12.8 Å². The lowest BCUT2D eigenvalue weighted by Gasteiger charge is -2.13. The average Bonchev–Trinajstić information content (AvgIpc) is 3.35. The summed E-state index contributed by atoms with van der Waals surface area (Å²) in [6.45, 7) is 0. The van der Waals surface area contributed by atoms with Gasteiger partial charge in [0.2, 0.25) is 0 Å². The average molecular weight is 432 g/mol. The second-order valence-electron chi connectivity index (χ2n) is 6.95. The fourth-order valence-corrected chi connectivity index (χ4v) is 3.22. The van der Waals surface area contributed by atoms with Crippen molar-refractivity contribution in [3.05, 3.63) is 95.1 Å². The van der Waals surface area contributed by atoms with Gasteiger partial charge in [-0.25, -0.2) is 14.1 Å². The molecule has 162 valence electrons. The number of hydrazone groups is 1. The molecule has 0 fully saturated rings. The standard InChI is InChI=1S/C22H21FN8O/c23-17-3-1-4-18(31-13-2-11-27-31)20(17)28-21-22(32)30(14-12-26-21)16-8-5-15(6-9-16)7-10-19(24)29-25/h1-6,8-9,11-14H,7,10,25H2,(H2,24,29)(H,26,28). The number of hydrogen-bond donors (Lipinski definition) is 3. The molecule has 0 saturated heterocycles. The fourth-order valence-electron chi connectivity index (χ4n) is 3.22. The van der Waals surface area contributed by atoms with Crippen LogP contribution in [-0.2, 0) is 6.42 Å². The molecule has 10 heteroatoms. The second-order valence-corrected chi connectivity index (χ2v) is 6.95. The Labute approximate surface area is 182 Å². The summed E-state index contributed by atoms with van der Waals surface area (Å²) in [5.41, 5.74) is 7.43. The maximum Gasteiger partial charge on any atom is 0.298 e. The Morgan fingerprint density at radius 2 is 1.91 bits per heavy atom. The van der Waals surface area contributed by atoms with Gasteiger partial charge in [-0.15, -0.1) is 0 Å². The first kappa shape index (κ1) is 20.8. The van der Waals surface area contributed by atoms with Crippen LogP contribution in [0.25, 0.3) is 11.4 Å². The number of nitrogens with one attached hydrogen (secondary N) is 1. The summed E-state index contributed by atoms with van der Waals surface area (Å²) >= 11 is 0. The minimum atomic E-state index is -0.528. The predicted octanol–water partition coefficient (Wildman–Crippen LogP) is 2.46. The number of nitrogens with zero attached hydrogens (tertiary/aromatic N) is 5.